The molecular formula is C19H22FNO5. The van der Waals surface area contributed by atoms with Gasteiger partial charge in [0, 0.05) is 25.0 Å². The van der Waals surface area contributed by atoms with Crippen molar-refractivity contribution < 1.29 is 28.2 Å². The first-order valence-corrected chi connectivity index (χ1v) is 8.61. The molecule has 0 aromatic heterocycles. The fourth-order valence-corrected chi connectivity index (χ4v) is 4.33. The summed E-state index contributed by atoms with van der Waals surface area (Å²) in [6, 6.07) is 5.71. The first-order valence-electron chi connectivity index (χ1n) is 8.61. The summed E-state index contributed by atoms with van der Waals surface area (Å²) in [7, 11) is 2.45. The molecule has 0 spiro atoms. The number of benzene rings is 1. The van der Waals surface area contributed by atoms with Crippen molar-refractivity contribution >= 4 is 17.7 Å². The number of ketones is 1. The molecule has 3 rings (SSSR count). The Morgan fingerprint density at radius 1 is 1.19 bits per heavy atom. The highest BCUT2D eigenvalue weighted by Gasteiger charge is 2.62. The van der Waals surface area contributed by atoms with Crippen molar-refractivity contribution in [2.24, 2.45) is 5.41 Å². The number of rotatable bonds is 5. The Bertz CT molecular complexity index is 719. The van der Waals surface area contributed by atoms with E-state index < -0.39 is 23.4 Å². The van der Waals surface area contributed by atoms with Crippen molar-refractivity contribution in [3.63, 3.8) is 0 Å². The van der Waals surface area contributed by atoms with E-state index in [-0.39, 0.29) is 30.5 Å². The Labute approximate surface area is 151 Å². The normalized spacial score (nSPS) is 28.0. The zero-order valence-corrected chi connectivity index (χ0v) is 14.9. The molecule has 0 N–H and O–H groups in total. The SMILES string of the molecule is COC(=O)C[C@@]1(C(=O)OC)C(=O)C[C@H]2CC[C@H]1N2Cc1ccc(F)cc1. The molecule has 7 heteroatoms. The molecule has 3 atom stereocenters. The summed E-state index contributed by atoms with van der Waals surface area (Å²) < 4.78 is 22.8. The third-order valence-corrected chi connectivity index (χ3v) is 5.61. The van der Waals surface area contributed by atoms with Crippen LogP contribution >= 0.6 is 0 Å². The number of halogens is 1. The van der Waals surface area contributed by atoms with Gasteiger partial charge in [-0.1, -0.05) is 12.1 Å². The molecule has 0 aliphatic carbocycles. The number of hydrogen-bond acceptors (Lipinski definition) is 6. The number of carbonyl (C=O) groups excluding carboxylic acids is 3. The molecule has 26 heavy (non-hydrogen) atoms. The second kappa shape index (κ2) is 7.15. The molecule has 2 aliphatic heterocycles. The Hall–Kier alpha value is -2.28. The number of methoxy groups -OCH3 is 2. The maximum atomic E-state index is 13.2. The summed E-state index contributed by atoms with van der Waals surface area (Å²) in [5.41, 5.74) is -0.663. The zero-order valence-electron chi connectivity index (χ0n) is 14.9. The van der Waals surface area contributed by atoms with E-state index in [1.54, 1.807) is 12.1 Å². The lowest BCUT2D eigenvalue weighted by Gasteiger charge is -2.45. The number of ether oxygens (including phenoxy) is 2. The first kappa shape index (κ1) is 18.5. The van der Waals surface area contributed by atoms with E-state index >= 15 is 0 Å². The van der Waals surface area contributed by atoms with Gasteiger partial charge in [-0.3, -0.25) is 19.3 Å². The third-order valence-electron chi connectivity index (χ3n) is 5.61. The number of carbonyl (C=O) groups is 3. The summed E-state index contributed by atoms with van der Waals surface area (Å²) >= 11 is 0. The van der Waals surface area contributed by atoms with Crippen LogP contribution in [0, 0.1) is 11.2 Å². The standard InChI is InChI=1S/C19H22FNO5/c1-25-17(23)10-19(18(24)26-2)15-8-7-14(9-16(19)22)21(15)11-12-3-5-13(20)6-4-12/h3-6,14-15H,7-11H2,1-2H3/t14-,15-,19+/m1/s1. The fraction of sp³-hybridized carbons (Fsp3) is 0.526. The Morgan fingerprint density at radius 2 is 1.88 bits per heavy atom. The van der Waals surface area contributed by atoms with E-state index in [2.05, 4.69) is 4.90 Å². The molecule has 2 aliphatic rings. The molecule has 0 unspecified atom stereocenters. The van der Waals surface area contributed by atoms with Crippen molar-refractivity contribution in [1.82, 2.24) is 4.90 Å². The van der Waals surface area contributed by atoms with Crippen LogP contribution < -0.4 is 0 Å². The van der Waals surface area contributed by atoms with Crippen molar-refractivity contribution in [2.75, 3.05) is 14.2 Å². The van der Waals surface area contributed by atoms with Gasteiger partial charge >= 0.3 is 11.9 Å². The number of hydrogen-bond donors (Lipinski definition) is 0. The Balaban J connectivity index is 1.96. The van der Waals surface area contributed by atoms with Gasteiger partial charge in [-0.2, -0.15) is 0 Å². The van der Waals surface area contributed by atoms with E-state index in [1.165, 1.54) is 26.4 Å². The quantitative estimate of drug-likeness (QED) is 0.587. The zero-order chi connectivity index (χ0) is 18.9. The molecule has 2 saturated heterocycles. The minimum Gasteiger partial charge on any atom is -0.469 e. The summed E-state index contributed by atoms with van der Waals surface area (Å²) in [6.45, 7) is 0.475. The molecule has 0 saturated carbocycles. The van der Waals surface area contributed by atoms with Crippen molar-refractivity contribution in [1.29, 1.82) is 0 Å². The average Bonchev–Trinajstić information content (AvgIpc) is 2.95. The van der Waals surface area contributed by atoms with Crippen LogP contribution in [0.3, 0.4) is 0 Å². The Morgan fingerprint density at radius 3 is 2.50 bits per heavy atom. The van der Waals surface area contributed by atoms with Gasteiger partial charge < -0.3 is 9.47 Å². The monoisotopic (exact) mass is 363 g/mol. The number of nitrogens with zero attached hydrogens (tertiary/aromatic N) is 1. The van der Waals surface area contributed by atoms with Gasteiger partial charge in [0.05, 0.1) is 20.6 Å². The highest BCUT2D eigenvalue weighted by molar-refractivity contribution is 6.08. The topological polar surface area (TPSA) is 72.9 Å². The van der Waals surface area contributed by atoms with Gasteiger partial charge in [0.15, 0.2) is 11.2 Å². The van der Waals surface area contributed by atoms with Gasteiger partial charge in [-0.25, -0.2) is 4.39 Å². The highest BCUT2D eigenvalue weighted by Crippen LogP contribution is 2.48. The molecule has 1 aromatic carbocycles. The van der Waals surface area contributed by atoms with Gasteiger partial charge in [0.2, 0.25) is 0 Å². The molecule has 2 bridgehead atoms. The lowest BCUT2D eigenvalue weighted by molar-refractivity contribution is -0.172. The molecule has 1 aromatic rings. The van der Waals surface area contributed by atoms with Gasteiger partial charge in [0.25, 0.3) is 0 Å². The van der Waals surface area contributed by atoms with Crippen LogP contribution in [0.25, 0.3) is 0 Å². The predicted octanol–water partition coefficient (Wildman–Crippen LogP) is 1.85. The molecule has 0 radical (unpaired) electrons. The van der Waals surface area contributed by atoms with Crippen LogP contribution in [-0.4, -0.2) is 48.9 Å². The number of Topliss-reactive ketones (excluding diaryl/α,β-unsaturated/α-hetero) is 1. The van der Waals surface area contributed by atoms with E-state index in [0.717, 1.165) is 12.0 Å². The first-order chi connectivity index (χ1) is 12.4. The van der Waals surface area contributed by atoms with E-state index in [4.69, 9.17) is 9.47 Å². The lowest BCUT2D eigenvalue weighted by atomic mass is 9.70. The van der Waals surface area contributed by atoms with Crippen molar-refractivity contribution in [3.8, 4) is 0 Å². The summed E-state index contributed by atoms with van der Waals surface area (Å²) in [5.74, 6) is -1.89. The maximum Gasteiger partial charge on any atom is 0.321 e. The molecule has 2 heterocycles. The Kier molecular flexibility index (Phi) is 5.09. The van der Waals surface area contributed by atoms with Crippen LogP contribution in [0.1, 0.15) is 31.2 Å². The molecule has 140 valence electrons. The van der Waals surface area contributed by atoms with E-state index in [0.29, 0.717) is 13.0 Å². The molecule has 2 fully saturated rings. The number of piperidine rings is 1. The second-order valence-corrected chi connectivity index (χ2v) is 6.89. The highest BCUT2D eigenvalue weighted by atomic mass is 19.1. The van der Waals surface area contributed by atoms with Crippen LogP contribution in [-0.2, 0) is 30.4 Å². The summed E-state index contributed by atoms with van der Waals surface area (Å²) in [5, 5.41) is 0. The fourth-order valence-electron chi connectivity index (χ4n) is 4.33. The lowest BCUT2D eigenvalue weighted by Crippen LogP contribution is -2.60. The largest absolute Gasteiger partial charge is 0.469 e. The van der Waals surface area contributed by atoms with Gasteiger partial charge in [-0.05, 0) is 30.5 Å². The minimum absolute atomic E-state index is 0.00739. The molecule has 0 amide bonds. The summed E-state index contributed by atoms with van der Waals surface area (Å²) in [4.78, 5) is 39.6. The van der Waals surface area contributed by atoms with Crippen molar-refractivity contribution in [3.05, 3.63) is 35.6 Å². The van der Waals surface area contributed by atoms with Gasteiger partial charge in [0.1, 0.15) is 5.82 Å². The van der Waals surface area contributed by atoms with Crippen LogP contribution in [0.2, 0.25) is 0 Å². The van der Waals surface area contributed by atoms with Crippen molar-refractivity contribution in [2.45, 2.75) is 44.3 Å². The minimum atomic E-state index is -1.55. The third kappa shape index (κ3) is 3.00. The average molecular weight is 363 g/mol. The van der Waals surface area contributed by atoms with E-state index in [9.17, 15) is 18.8 Å². The molecular weight excluding hydrogens is 341 g/mol. The van der Waals surface area contributed by atoms with Gasteiger partial charge in [-0.15, -0.1) is 0 Å². The van der Waals surface area contributed by atoms with Crippen LogP contribution in [0.15, 0.2) is 24.3 Å². The number of fused-ring (bicyclic) bond motifs is 2. The summed E-state index contributed by atoms with van der Waals surface area (Å²) in [6.07, 6.45) is 1.23. The smallest absolute Gasteiger partial charge is 0.321 e. The number of esters is 2. The van der Waals surface area contributed by atoms with Crippen LogP contribution in [0.5, 0.6) is 0 Å². The van der Waals surface area contributed by atoms with E-state index in [1.807, 2.05) is 0 Å². The maximum absolute atomic E-state index is 13.2. The molecule has 6 nitrogen and oxygen atoms in total. The predicted molar refractivity (Wildman–Crippen MR) is 89.5 cm³/mol. The second-order valence-electron chi connectivity index (χ2n) is 6.89. The van der Waals surface area contributed by atoms with Crippen LogP contribution in [0.4, 0.5) is 4.39 Å².